The van der Waals surface area contributed by atoms with E-state index < -0.39 is 0 Å². The fourth-order valence-electron chi connectivity index (χ4n) is 1.55. The van der Waals surface area contributed by atoms with E-state index in [1.165, 1.54) is 12.3 Å². The number of nitrogens with one attached hydrogen (secondary N) is 1. The van der Waals surface area contributed by atoms with Crippen LogP contribution in [-0.2, 0) is 0 Å². The number of hydrogen-bond acceptors (Lipinski definition) is 2. The van der Waals surface area contributed by atoms with Crippen LogP contribution in [0.4, 0.5) is 10.2 Å². The molecule has 1 aromatic heterocycles. The molecule has 0 bridgehead atoms. The number of rotatable bonds is 3. The minimum absolute atomic E-state index is 0.306. The quantitative estimate of drug-likeness (QED) is 0.783. The van der Waals surface area contributed by atoms with Gasteiger partial charge in [-0.25, -0.2) is 9.37 Å². The molecule has 0 aliphatic heterocycles. The molecule has 1 fully saturated rings. The summed E-state index contributed by atoms with van der Waals surface area (Å²) in [6, 6.07) is 3.05. The Labute approximate surface area is 87.5 Å². The number of pyridine rings is 1. The molecule has 4 heteroatoms. The molecule has 0 radical (unpaired) electrons. The molecule has 76 valence electrons. The number of halogens is 2. The second kappa shape index (κ2) is 4.13. The summed E-state index contributed by atoms with van der Waals surface area (Å²) < 4.78 is 12.5. The number of aromatic nitrogens is 1. The first-order valence-corrected chi connectivity index (χ1v) is 5.17. The number of nitrogens with zero attached hydrogens (tertiary/aromatic N) is 1. The first kappa shape index (κ1) is 9.71. The van der Waals surface area contributed by atoms with Crippen molar-refractivity contribution in [1.82, 2.24) is 4.98 Å². The highest BCUT2D eigenvalue weighted by atomic mass is 35.5. The van der Waals surface area contributed by atoms with Gasteiger partial charge in [0.1, 0.15) is 11.6 Å². The number of anilines is 1. The van der Waals surface area contributed by atoms with Crippen molar-refractivity contribution in [3.05, 3.63) is 24.1 Å². The molecule has 1 saturated carbocycles. The molecule has 1 heterocycles. The van der Waals surface area contributed by atoms with Crippen LogP contribution in [-0.4, -0.2) is 16.9 Å². The first-order chi connectivity index (χ1) is 6.74. The molecular formula is C10H12ClFN2. The lowest BCUT2D eigenvalue weighted by Crippen LogP contribution is -2.30. The van der Waals surface area contributed by atoms with Gasteiger partial charge in [0.15, 0.2) is 0 Å². The fraction of sp³-hybridized carbons (Fsp3) is 0.500. The van der Waals surface area contributed by atoms with Crippen molar-refractivity contribution in [2.45, 2.75) is 18.2 Å². The van der Waals surface area contributed by atoms with Crippen molar-refractivity contribution in [3.63, 3.8) is 0 Å². The van der Waals surface area contributed by atoms with Crippen molar-refractivity contribution in [3.8, 4) is 0 Å². The summed E-state index contributed by atoms with van der Waals surface area (Å²) in [4.78, 5) is 3.91. The van der Waals surface area contributed by atoms with Crippen molar-refractivity contribution in [1.29, 1.82) is 0 Å². The minimum Gasteiger partial charge on any atom is -0.370 e. The topological polar surface area (TPSA) is 24.9 Å². The van der Waals surface area contributed by atoms with Gasteiger partial charge in [0, 0.05) is 11.9 Å². The lowest BCUT2D eigenvalue weighted by atomic mass is 9.85. The Balaban J connectivity index is 1.78. The first-order valence-electron chi connectivity index (χ1n) is 4.73. The summed E-state index contributed by atoms with van der Waals surface area (Å²) in [6.07, 6.45) is 3.35. The molecule has 0 amide bonds. The molecule has 0 unspecified atom stereocenters. The highest BCUT2D eigenvalue weighted by Gasteiger charge is 2.26. The van der Waals surface area contributed by atoms with Crippen LogP contribution in [0.15, 0.2) is 18.3 Å². The number of hydrogen-bond donors (Lipinski definition) is 1. The zero-order valence-corrected chi connectivity index (χ0v) is 8.47. The summed E-state index contributed by atoms with van der Waals surface area (Å²) in [5, 5.41) is 3.51. The summed E-state index contributed by atoms with van der Waals surface area (Å²) in [5.41, 5.74) is 0. The Morgan fingerprint density at radius 1 is 1.50 bits per heavy atom. The Bertz CT molecular complexity index is 295. The van der Waals surface area contributed by atoms with Gasteiger partial charge in [-0.2, -0.15) is 0 Å². The van der Waals surface area contributed by atoms with Gasteiger partial charge in [0.2, 0.25) is 0 Å². The molecule has 0 saturated heterocycles. The number of alkyl halides is 1. The van der Waals surface area contributed by atoms with Crippen molar-refractivity contribution in [2.75, 3.05) is 11.9 Å². The van der Waals surface area contributed by atoms with Gasteiger partial charge in [-0.3, -0.25) is 0 Å². The Morgan fingerprint density at radius 2 is 2.29 bits per heavy atom. The van der Waals surface area contributed by atoms with E-state index in [1.54, 1.807) is 6.07 Å². The second-order valence-electron chi connectivity index (χ2n) is 3.68. The van der Waals surface area contributed by atoms with Gasteiger partial charge in [0.05, 0.1) is 6.20 Å². The second-order valence-corrected chi connectivity index (χ2v) is 4.29. The predicted octanol–water partition coefficient (Wildman–Crippen LogP) is 2.65. The van der Waals surface area contributed by atoms with Crippen LogP contribution in [0, 0.1) is 11.7 Å². The fourth-order valence-corrected chi connectivity index (χ4v) is 2.05. The standard InChI is InChI=1S/C10H12ClFN2/c11-8-3-7(4-8)5-13-10-2-1-9(12)6-14-10/h1-2,6-8H,3-5H2,(H,13,14). The Hall–Kier alpha value is -0.830. The minimum atomic E-state index is -0.306. The van der Waals surface area contributed by atoms with Crippen LogP contribution in [0.5, 0.6) is 0 Å². The third kappa shape index (κ3) is 2.35. The lowest BCUT2D eigenvalue weighted by Gasteiger charge is -2.30. The summed E-state index contributed by atoms with van der Waals surface area (Å²) in [5.74, 6) is 1.06. The van der Waals surface area contributed by atoms with E-state index in [2.05, 4.69) is 10.3 Å². The van der Waals surface area contributed by atoms with E-state index in [4.69, 9.17) is 11.6 Å². The molecule has 1 N–H and O–H groups in total. The molecule has 2 rings (SSSR count). The van der Waals surface area contributed by atoms with Gasteiger partial charge in [0.25, 0.3) is 0 Å². The third-order valence-corrected chi connectivity index (χ3v) is 2.83. The normalized spacial score (nSPS) is 25.6. The van der Waals surface area contributed by atoms with Crippen molar-refractivity contribution < 1.29 is 4.39 Å². The molecule has 14 heavy (non-hydrogen) atoms. The van der Waals surface area contributed by atoms with Crippen molar-refractivity contribution >= 4 is 17.4 Å². The zero-order chi connectivity index (χ0) is 9.97. The monoisotopic (exact) mass is 214 g/mol. The van der Waals surface area contributed by atoms with E-state index in [1.807, 2.05) is 0 Å². The van der Waals surface area contributed by atoms with Gasteiger partial charge >= 0.3 is 0 Å². The molecule has 0 atom stereocenters. The molecule has 0 aromatic carbocycles. The highest BCUT2D eigenvalue weighted by molar-refractivity contribution is 6.21. The van der Waals surface area contributed by atoms with Crippen LogP contribution in [0.25, 0.3) is 0 Å². The third-order valence-electron chi connectivity index (χ3n) is 2.48. The smallest absolute Gasteiger partial charge is 0.141 e. The zero-order valence-electron chi connectivity index (χ0n) is 7.71. The predicted molar refractivity (Wildman–Crippen MR) is 55.0 cm³/mol. The largest absolute Gasteiger partial charge is 0.370 e. The molecule has 0 spiro atoms. The maximum absolute atomic E-state index is 12.5. The SMILES string of the molecule is Fc1ccc(NCC2CC(Cl)C2)nc1. The van der Waals surface area contributed by atoms with Gasteiger partial charge in [-0.05, 0) is 30.9 Å². The average Bonchev–Trinajstić information content (AvgIpc) is 2.13. The van der Waals surface area contributed by atoms with Gasteiger partial charge < -0.3 is 5.32 Å². The molecule has 1 aliphatic carbocycles. The van der Waals surface area contributed by atoms with Crippen LogP contribution in [0.2, 0.25) is 0 Å². The van der Waals surface area contributed by atoms with E-state index in [-0.39, 0.29) is 5.82 Å². The Kier molecular flexibility index (Phi) is 2.87. The van der Waals surface area contributed by atoms with Crippen LogP contribution in [0.3, 0.4) is 0 Å². The van der Waals surface area contributed by atoms with E-state index in [0.29, 0.717) is 11.3 Å². The van der Waals surface area contributed by atoms with Crippen LogP contribution < -0.4 is 5.32 Å². The lowest BCUT2D eigenvalue weighted by molar-refractivity contribution is 0.341. The van der Waals surface area contributed by atoms with Crippen LogP contribution >= 0.6 is 11.6 Å². The van der Waals surface area contributed by atoms with E-state index >= 15 is 0 Å². The molecule has 2 nitrogen and oxygen atoms in total. The maximum Gasteiger partial charge on any atom is 0.141 e. The average molecular weight is 215 g/mol. The molecule has 1 aromatic rings. The van der Waals surface area contributed by atoms with E-state index in [0.717, 1.165) is 25.2 Å². The van der Waals surface area contributed by atoms with Gasteiger partial charge in [-0.1, -0.05) is 0 Å². The van der Waals surface area contributed by atoms with E-state index in [9.17, 15) is 4.39 Å². The molecule has 1 aliphatic rings. The summed E-state index contributed by atoms with van der Waals surface area (Å²) >= 11 is 5.85. The summed E-state index contributed by atoms with van der Waals surface area (Å²) in [6.45, 7) is 0.877. The van der Waals surface area contributed by atoms with Crippen molar-refractivity contribution in [2.24, 2.45) is 5.92 Å². The maximum atomic E-state index is 12.5. The Morgan fingerprint density at radius 3 is 2.86 bits per heavy atom. The van der Waals surface area contributed by atoms with Gasteiger partial charge in [-0.15, -0.1) is 11.6 Å². The molecular weight excluding hydrogens is 203 g/mol. The highest BCUT2D eigenvalue weighted by Crippen LogP contribution is 2.31. The van der Waals surface area contributed by atoms with Crippen LogP contribution in [0.1, 0.15) is 12.8 Å². The summed E-state index contributed by atoms with van der Waals surface area (Å²) in [7, 11) is 0.